The summed E-state index contributed by atoms with van der Waals surface area (Å²) < 4.78 is 106. The zero-order valence-electron chi connectivity index (χ0n) is 22.1. The van der Waals surface area contributed by atoms with Crippen LogP contribution in [0.2, 0.25) is 0 Å². The Morgan fingerprint density at radius 1 is 1.00 bits per heavy atom. The average molecular weight is 641 g/mol. The van der Waals surface area contributed by atoms with Crippen molar-refractivity contribution in [3.63, 3.8) is 0 Å². The largest absolute Gasteiger partial charge is 0.586 e. The zero-order chi connectivity index (χ0) is 31.3. The van der Waals surface area contributed by atoms with Gasteiger partial charge >= 0.3 is 12.5 Å². The number of benzene rings is 3. The third kappa shape index (κ3) is 6.40. The Labute approximate surface area is 246 Å². The number of nitrogens with one attached hydrogen (secondary N) is 1. The minimum absolute atomic E-state index is 0.0657. The zero-order valence-corrected chi connectivity index (χ0v) is 23.7. The van der Waals surface area contributed by atoms with Gasteiger partial charge in [-0.2, -0.15) is 13.2 Å². The molecule has 0 aliphatic carbocycles. The highest BCUT2D eigenvalue weighted by atomic mass is 35.5. The van der Waals surface area contributed by atoms with Gasteiger partial charge in [-0.25, -0.2) is 13.4 Å². The first-order valence-electron chi connectivity index (χ1n) is 12.2. The third-order valence-electron chi connectivity index (χ3n) is 6.23. The fraction of sp³-hybridized carbons (Fsp3) is 0.143. The Morgan fingerprint density at radius 3 is 2.37 bits per heavy atom. The molecule has 224 valence electrons. The Balaban J connectivity index is 1.65. The van der Waals surface area contributed by atoms with Gasteiger partial charge in [-0.1, -0.05) is 23.7 Å². The Hall–Kier alpha value is -4.27. The maximum absolute atomic E-state index is 13.6. The highest BCUT2D eigenvalue weighted by Crippen LogP contribution is 2.45. The second-order valence-corrected chi connectivity index (χ2v) is 11.8. The number of sulfone groups is 1. The molecule has 15 heteroatoms. The normalized spacial score (nSPS) is 14.7. The summed E-state index contributed by atoms with van der Waals surface area (Å²) in [5.74, 6) is -0.140. The van der Waals surface area contributed by atoms with Crippen LogP contribution in [0.1, 0.15) is 5.89 Å². The Bertz CT molecular complexity index is 1900. The van der Waals surface area contributed by atoms with Gasteiger partial charge < -0.3 is 13.9 Å². The molecular formula is C28H20ClF5N3O5S+. The van der Waals surface area contributed by atoms with E-state index in [-0.39, 0.29) is 33.7 Å². The van der Waals surface area contributed by atoms with Crippen LogP contribution < -0.4 is 14.8 Å². The van der Waals surface area contributed by atoms with Crippen molar-refractivity contribution < 1.29 is 49.6 Å². The van der Waals surface area contributed by atoms with E-state index in [4.69, 9.17) is 21.4 Å². The van der Waals surface area contributed by atoms with Crippen LogP contribution in [0.25, 0.3) is 33.7 Å². The van der Waals surface area contributed by atoms with E-state index in [9.17, 15) is 30.4 Å². The van der Waals surface area contributed by atoms with Crippen molar-refractivity contribution in [3.05, 3.63) is 77.8 Å². The summed E-state index contributed by atoms with van der Waals surface area (Å²) >= 11 is 5.77. The molecule has 43 heavy (non-hydrogen) atoms. The van der Waals surface area contributed by atoms with Crippen molar-refractivity contribution in [3.8, 4) is 45.2 Å². The molecule has 0 fully saturated rings. The molecule has 0 spiro atoms. The van der Waals surface area contributed by atoms with E-state index in [1.165, 1.54) is 41.7 Å². The smallest absolute Gasteiger partial charge is 0.440 e. The quantitative estimate of drug-likeness (QED) is 0.134. The highest BCUT2D eigenvalue weighted by molar-refractivity contribution is 7.90. The van der Waals surface area contributed by atoms with Gasteiger partial charge in [0.15, 0.2) is 38.7 Å². The number of aryl methyl sites for hydroxylation is 1. The van der Waals surface area contributed by atoms with Gasteiger partial charge in [0.05, 0.1) is 10.5 Å². The van der Waals surface area contributed by atoms with Gasteiger partial charge in [0.1, 0.15) is 22.6 Å². The lowest BCUT2D eigenvalue weighted by Gasteiger charge is -2.11. The van der Waals surface area contributed by atoms with Gasteiger partial charge in [0.25, 0.3) is 0 Å². The molecule has 1 aromatic heterocycles. The molecule has 2 heterocycles. The van der Waals surface area contributed by atoms with Crippen LogP contribution in [-0.2, 0) is 9.84 Å². The number of fused-ring (bicyclic) bond motifs is 1. The second kappa shape index (κ2) is 10.8. The molecule has 0 atom stereocenters. The van der Waals surface area contributed by atoms with Gasteiger partial charge in [0, 0.05) is 24.8 Å². The number of ether oxygens (including phenoxy) is 2. The molecule has 3 N–H and O–H groups in total. The lowest BCUT2D eigenvalue weighted by atomic mass is 9.98. The second-order valence-electron chi connectivity index (χ2n) is 9.40. The van der Waals surface area contributed by atoms with Crippen LogP contribution in [0.3, 0.4) is 0 Å². The van der Waals surface area contributed by atoms with Crippen LogP contribution in [-0.4, -0.2) is 37.8 Å². The first kappa shape index (κ1) is 30.2. The summed E-state index contributed by atoms with van der Waals surface area (Å²) in [6, 6.07) is 14.9. The number of nitrogens with two attached hydrogens (primary N) is 1. The predicted molar refractivity (Wildman–Crippen MR) is 146 cm³/mol. The fourth-order valence-corrected chi connectivity index (χ4v) is 5.10. The number of hydrogen-bond donors (Lipinski definition) is 2. The van der Waals surface area contributed by atoms with E-state index in [0.29, 0.717) is 27.9 Å². The summed E-state index contributed by atoms with van der Waals surface area (Å²) in [6.07, 6.45) is -6.85. The number of allylic oxidation sites excluding steroid dienone is 1. The fourth-order valence-electron chi connectivity index (χ4n) is 4.27. The van der Waals surface area contributed by atoms with Crippen LogP contribution in [0.5, 0.6) is 11.5 Å². The molecule has 1 aliphatic heterocycles. The van der Waals surface area contributed by atoms with E-state index in [0.717, 1.165) is 12.5 Å². The van der Waals surface area contributed by atoms with Crippen molar-refractivity contribution in [2.45, 2.75) is 24.3 Å². The van der Waals surface area contributed by atoms with Gasteiger partial charge in [-0.3, -0.25) is 10.7 Å². The number of rotatable bonds is 7. The first-order chi connectivity index (χ1) is 20.0. The number of aromatic nitrogens is 1. The number of hydrogen-bond acceptors (Lipinski definition) is 7. The number of alkyl halides is 5. The number of nitrogens with zero attached hydrogens (tertiary/aromatic N) is 1. The molecule has 0 bridgehead atoms. The van der Waals surface area contributed by atoms with Crippen LogP contribution in [0.15, 0.2) is 81.2 Å². The van der Waals surface area contributed by atoms with Crippen molar-refractivity contribution in [2.24, 2.45) is 0 Å². The molecule has 0 radical (unpaired) electrons. The van der Waals surface area contributed by atoms with Gasteiger partial charge in [-0.15, -0.1) is 8.78 Å². The average Bonchev–Trinajstić information content (AvgIpc) is 3.47. The summed E-state index contributed by atoms with van der Waals surface area (Å²) in [7, 11) is -3.54. The molecular weight excluding hydrogens is 621 g/mol. The molecule has 1 aliphatic rings. The van der Waals surface area contributed by atoms with E-state index in [2.05, 4.69) is 14.5 Å². The van der Waals surface area contributed by atoms with E-state index in [1.54, 1.807) is 31.2 Å². The minimum Gasteiger partial charge on any atom is -0.440 e. The Morgan fingerprint density at radius 2 is 1.67 bits per heavy atom. The monoisotopic (exact) mass is 640 g/mol. The Kier molecular flexibility index (Phi) is 7.57. The van der Waals surface area contributed by atoms with E-state index >= 15 is 0 Å². The minimum atomic E-state index is -4.97. The molecule has 0 saturated heterocycles. The number of halogens is 6. The first-order valence-corrected chi connectivity index (χ1v) is 14.5. The molecule has 0 amide bonds. The SMILES string of the molecule is Cc1nc(-c2ccc3c(c2)OC(F)(F)O3)c(-c2cc(-c3cccc(S(C)(=O)=O)c3)ccc2[NH2+]/C=C(/Cl)C(=N)C(F)(F)F)o1. The van der Waals surface area contributed by atoms with Crippen LogP contribution >= 0.6 is 11.6 Å². The maximum Gasteiger partial charge on any atom is 0.586 e. The van der Waals surface area contributed by atoms with Crippen molar-refractivity contribution in [2.75, 3.05) is 6.26 Å². The predicted octanol–water partition coefficient (Wildman–Crippen LogP) is 6.57. The standard InChI is InChI=1S/C28H19ClF5N3O5S/c1-14-37-24(17-7-9-22-23(12-17)42-28(33,34)41-22)25(40-14)19-11-16(15-4-3-5-18(10-15)43(2,38)39)6-8-21(19)36-13-20(29)26(35)27(30,31)32/h3-13,35-36H,1-2H3/p+1/b20-13+,35-26?. The van der Waals surface area contributed by atoms with E-state index in [1.807, 2.05) is 0 Å². The third-order valence-corrected chi connectivity index (χ3v) is 7.66. The van der Waals surface area contributed by atoms with E-state index < -0.39 is 33.1 Å². The molecule has 0 unspecified atom stereocenters. The number of oxazole rings is 1. The molecule has 5 rings (SSSR count). The lowest BCUT2D eigenvalue weighted by molar-refractivity contribution is -0.496. The van der Waals surface area contributed by atoms with Gasteiger partial charge in [-0.05, 0) is 53.6 Å². The summed E-state index contributed by atoms with van der Waals surface area (Å²) in [5.41, 5.74) is 0.353. The van der Waals surface area contributed by atoms with Crippen LogP contribution in [0.4, 0.5) is 27.6 Å². The lowest BCUT2D eigenvalue weighted by Crippen LogP contribution is -2.71. The topological polar surface area (TPSA) is 119 Å². The molecule has 0 saturated carbocycles. The molecule has 8 nitrogen and oxygen atoms in total. The highest BCUT2D eigenvalue weighted by Gasteiger charge is 2.43. The summed E-state index contributed by atoms with van der Waals surface area (Å²) in [5, 5.41) is 7.67. The van der Waals surface area contributed by atoms with Crippen molar-refractivity contribution in [1.29, 1.82) is 5.41 Å². The van der Waals surface area contributed by atoms with Crippen LogP contribution in [0, 0.1) is 12.3 Å². The molecule has 4 aromatic rings. The summed E-state index contributed by atoms with van der Waals surface area (Å²) in [6.45, 7) is 1.54. The summed E-state index contributed by atoms with van der Waals surface area (Å²) in [4.78, 5) is 4.46. The maximum atomic E-state index is 13.6. The van der Waals surface area contributed by atoms with Crippen molar-refractivity contribution in [1.82, 2.24) is 4.98 Å². The molecule has 3 aromatic carbocycles. The van der Waals surface area contributed by atoms with Crippen molar-refractivity contribution >= 4 is 32.8 Å². The number of quaternary nitrogens is 1. The van der Waals surface area contributed by atoms with Gasteiger partial charge in [0.2, 0.25) is 0 Å².